The highest BCUT2D eigenvalue weighted by atomic mass is 16.5. The number of nitrogens with two attached hydrogens (primary N) is 1. The van der Waals surface area contributed by atoms with Crippen molar-refractivity contribution < 1.29 is 9.26 Å². The van der Waals surface area contributed by atoms with Gasteiger partial charge in [-0.05, 0) is 32.4 Å². The first-order valence-electron chi connectivity index (χ1n) is 6.80. The van der Waals surface area contributed by atoms with Crippen molar-refractivity contribution in [3.63, 3.8) is 0 Å². The smallest absolute Gasteiger partial charge is 0.144 e. The molecule has 0 spiro atoms. The number of hydrogen-bond donors (Lipinski definition) is 2. The number of para-hydroxylation sites is 1. The summed E-state index contributed by atoms with van der Waals surface area (Å²) in [6.45, 7) is 7.19. The van der Waals surface area contributed by atoms with Crippen LogP contribution in [0, 0.1) is 13.8 Å². The average molecular weight is 275 g/mol. The Hall–Kier alpha value is -2.17. The molecule has 0 saturated carbocycles. The molecule has 5 nitrogen and oxygen atoms in total. The number of nitrogen functional groups attached to an aromatic ring is 1. The van der Waals surface area contributed by atoms with Crippen LogP contribution in [-0.2, 0) is 6.54 Å². The van der Waals surface area contributed by atoms with E-state index in [-0.39, 0.29) is 0 Å². The van der Waals surface area contributed by atoms with Gasteiger partial charge < -0.3 is 20.3 Å². The van der Waals surface area contributed by atoms with E-state index in [4.69, 9.17) is 15.0 Å². The summed E-state index contributed by atoms with van der Waals surface area (Å²) in [6.07, 6.45) is 0.955. The number of anilines is 2. The molecule has 0 radical (unpaired) electrons. The zero-order chi connectivity index (χ0) is 14.5. The van der Waals surface area contributed by atoms with E-state index in [1.54, 1.807) is 0 Å². The largest absolute Gasteiger partial charge is 0.491 e. The van der Waals surface area contributed by atoms with E-state index < -0.39 is 0 Å². The first-order chi connectivity index (χ1) is 9.63. The van der Waals surface area contributed by atoms with Gasteiger partial charge in [-0.3, -0.25) is 0 Å². The van der Waals surface area contributed by atoms with Gasteiger partial charge in [0.1, 0.15) is 11.5 Å². The highest BCUT2D eigenvalue weighted by molar-refractivity contribution is 5.73. The van der Waals surface area contributed by atoms with Crippen LogP contribution in [0.15, 0.2) is 22.7 Å². The van der Waals surface area contributed by atoms with Gasteiger partial charge in [-0.15, -0.1) is 0 Å². The van der Waals surface area contributed by atoms with Gasteiger partial charge in [0, 0.05) is 12.1 Å². The number of benzene rings is 1. The van der Waals surface area contributed by atoms with Gasteiger partial charge in [0.25, 0.3) is 0 Å². The number of hydrogen-bond acceptors (Lipinski definition) is 5. The summed E-state index contributed by atoms with van der Waals surface area (Å²) in [7, 11) is 0. The van der Waals surface area contributed by atoms with Crippen LogP contribution in [0.25, 0.3) is 0 Å². The number of rotatable bonds is 6. The monoisotopic (exact) mass is 275 g/mol. The van der Waals surface area contributed by atoms with Crippen molar-refractivity contribution in [2.45, 2.75) is 33.7 Å². The summed E-state index contributed by atoms with van der Waals surface area (Å²) in [5, 5.41) is 7.25. The van der Waals surface area contributed by atoms with Crippen molar-refractivity contribution in [1.82, 2.24) is 5.16 Å². The van der Waals surface area contributed by atoms with E-state index in [1.165, 1.54) is 0 Å². The maximum absolute atomic E-state index is 6.11. The number of nitrogens with zero attached hydrogens (tertiary/aromatic N) is 1. The van der Waals surface area contributed by atoms with Gasteiger partial charge in [0.05, 0.1) is 23.7 Å². The van der Waals surface area contributed by atoms with Crippen LogP contribution in [0.5, 0.6) is 5.75 Å². The Morgan fingerprint density at radius 1 is 1.35 bits per heavy atom. The summed E-state index contributed by atoms with van der Waals surface area (Å²) >= 11 is 0. The van der Waals surface area contributed by atoms with E-state index in [1.807, 2.05) is 32.0 Å². The number of aryl methyl sites for hydroxylation is 2. The minimum absolute atomic E-state index is 0.628. The minimum atomic E-state index is 0.628. The molecule has 5 heteroatoms. The summed E-state index contributed by atoms with van der Waals surface area (Å²) in [5.74, 6) is 1.54. The molecule has 0 aliphatic heterocycles. The second kappa shape index (κ2) is 6.32. The van der Waals surface area contributed by atoms with Crippen LogP contribution in [0.2, 0.25) is 0 Å². The molecule has 0 amide bonds. The summed E-state index contributed by atoms with van der Waals surface area (Å²) < 4.78 is 10.8. The van der Waals surface area contributed by atoms with Crippen molar-refractivity contribution in [1.29, 1.82) is 0 Å². The topological polar surface area (TPSA) is 73.3 Å². The Balaban J connectivity index is 2.10. The Kier molecular flexibility index (Phi) is 4.50. The van der Waals surface area contributed by atoms with Gasteiger partial charge in [-0.2, -0.15) is 0 Å². The number of aromatic nitrogens is 1. The Morgan fingerprint density at radius 2 is 2.15 bits per heavy atom. The Morgan fingerprint density at radius 3 is 2.80 bits per heavy atom. The second-order valence-electron chi connectivity index (χ2n) is 4.72. The standard InChI is InChI=1S/C15H21N3O2/c1-4-8-19-14-7-5-6-13(15(14)16)17-9-12-10(2)18-20-11(12)3/h5-7,17H,4,8-9,16H2,1-3H3. The quantitative estimate of drug-likeness (QED) is 0.791. The van der Waals surface area contributed by atoms with E-state index >= 15 is 0 Å². The lowest BCUT2D eigenvalue weighted by atomic mass is 10.2. The van der Waals surface area contributed by atoms with Crippen LogP contribution >= 0.6 is 0 Å². The van der Waals surface area contributed by atoms with Crippen molar-refractivity contribution in [3.8, 4) is 5.75 Å². The normalized spacial score (nSPS) is 10.6. The van der Waals surface area contributed by atoms with E-state index in [9.17, 15) is 0 Å². The van der Waals surface area contributed by atoms with Crippen LogP contribution in [0.4, 0.5) is 11.4 Å². The lowest BCUT2D eigenvalue weighted by molar-refractivity contribution is 0.319. The van der Waals surface area contributed by atoms with Gasteiger partial charge >= 0.3 is 0 Å². The molecule has 2 rings (SSSR count). The molecule has 108 valence electrons. The fourth-order valence-corrected chi connectivity index (χ4v) is 1.97. The summed E-state index contributed by atoms with van der Waals surface area (Å²) in [6, 6.07) is 5.75. The van der Waals surface area contributed by atoms with E-state index in [0.29, 0.717) is 18.8 Å². The molecule has 2 aromatic rings. The summed E-state index contributed by atoms with van der Waals surface area (Å²) in [5.41, 5.74) is 9.56. The zero-order valence-corrected chi connectivity index (χ0v) is 12.2. The third kappa shape index (κ3) is 3.04. The molecule has 0 atom stereocenters. The maximum Gasteiger partial charge on any atom is 0.144 e. The molecule has 0 fully saturated rings. The van der Waals surface area contributed by atoms with Crippen LogP contribution in [0.1, 0.15) is 30.4 Å². The molecule has 20 heavy (non-hydrogen) atoms. The lowest BCUT2D eigenvalue weighted by Gasteiger charge is -2.13. The molecular weight excluding hydrogens is 254 g/mol. The molecule has 0 bridgehead atoms. The SMILES string of the molecule is CCCOc1cccc(NCc2c(C)noc2C)c1N. The van der Waals surface area contributed by atoms with Gasteiger partial charge in [0.15, 0.2) is 0 Å². The van der Waals surface area contributed by atoms with Gasteiger partial charge in [-0.25, -0.2) is 0 Å². The predicted octanol–water partition coefficient (Wildman–Crippen LogP) is 3.27. The highest BCUT2D eigenvalue weighted by Crippen LogP contribution is 2.30. The van der Waals surface area contributed by atoms with Crippen molar-refractivity contribution in [2.24, 2.45) is 0 Å². The van der Waals surface area contributed by atoms with E-state index in [2.05, 4.69) is 17.4 Å². The first-order valence-corrected chi connectivity index (χ1v) is 6.80. The average Bonchev–Trinajstić information content (AvgIpc) is 2.76. The fourth-order valence-electron chi connectivity index (χ4n) is 1.97. The predicted molar refractivity (Wildman–Crippen MR) is 79.9 cm³/mol. The first kappa shape index (κ1) is 14.2. The maximum atomic E-state index is 6.11. The molecule has 1 heterocycles. The molecule has 3 N–H and O–H groups in total. The van der Waals surface area contributed by atoms with Crippen LogP contribution in [0.3, 0.4) is 0 Å². The van der Waals surface area contributed by atoms with Crippen molar-refractivity contribution in [3.05, 3.63) is 35.2 Å². The lowest BCUT2D eigenvalue weighted by Crippen LogP contribution is -2.06. The third-order valence-electron chi connectivity index (χ3n) is 3.16. The molecule has 1 aromatic carbocycles. The molecule has 1 aromatic heterocycles. The molecular formula is C15H21N3O2. The summed E-state index contributed by atoms with van der Waals surface area (Å²) in [4.78, 5) is 0. The van der Waals surface area contributed by atoms with Gasteiger partial charge in [-0.1, -0.05) is 18.1 Å². The van der Waals surface area contributed by atoms with Crippen LogP contribution in [-0.4, -0.2) is 11.8 Å². The molecule has 0 saturated heterocycles. The van der Waals surface area contributed by atoms with Crippen LogP contribution < -0.4 is 15.8 Å². The third-order valence-corrected chi connectivity index (χ3v) is 3.16. The molecule has 0 unspecified atom stereocenters. The van der Waals surface area contributed by atoms with Crippen molar-refractivity contribution in [2.75, 3.05) is 17.7 Å². The number of nitrogens with one attached hydrogen (secondary N) is 1. The Bertz CT molecular complexity index is 559. The highest BCUT2D eigenvalue weighted by Gasteiger charge is 2.10. The fraction of sp³-hybridized carbons (Fsp3) is 0.400. The number of ether oxygens (including phenoxy) is 1. The van der Waals surface area contributed by atoms with Crippen molar-refractivity contribution >= 4 is 11.4 Å². The minimum Gasteiger partial charge on any atom is -0.491 e. The molecule has 0 aliphatic rings. The zero-order valence-electron chi connectivity index (χ0n) is 12.2. The Labute approximate surface area is 119 Å². The second-order valence-corrected chi connectivity index (χ2v) is 4.72. The molecule has 0 aliphatic carbocycles. The van der Waals surface area contributed by atoms with Gasteiger partial charge in [0.2, 0.25) is 0 Å². The van der Waals surface area contributed by atoms with E-state index in [0.717, 1.165) is 34.9 Å².